The summed E-state index contributed by atoms with van der Waals surface area (Å²) in [6, 6.07) is 6.99. The van der Waals surface area contributed by atoms with Crippen molar-refractivity contribution in [3.63, 3.8) is 0 Å². The number of ether oxygens (including phenoxy) is 2. The molecule has 0 spiro atoms. The Balaban J connectivity index is 2.82. The number of halogens is 1. The lowest BCUT2D eigenvalue weighted by Crippen LogP contribution is -2.19. The summed E-state index contributed by atoms with van der Waals surface area (Å²) in [5.74, 6) is -0.109. The molecule has 1 atom stereocenters. The van der Waals surface area contributed by atoms with Crippen molar-refractivity contribution in [1.82, 2.24) is 0 Å². The van der Waals surface area contributed by atoms with Gasteiger partial charge in [-0.3, -0.25) is 4.79 Å². The van der Waals surface area contributed by atoms with Gasteiger partial charge >= 0.3 is 0 Å². The van der Waals surface area contributed by atoms with Crippen LogP contribution in [0.1, 0.15) is 11.7 Å². The number of methoxy groups -OCH3 is 2. The number of ketones is 1. The molecule has 1 aromatic carbocycles. The first-order valence-corrected chi connectivity index (χ1v) is 4.86. The van der Waals surface area contributed by atoms with Crippen molar-refractivity contribution in [2.24, 2.45) is 0 Å². The van der Waals surface area contributed by atoms with Crippen LogP contribution in [0.2, 0.25) is 5.02 Å². The number of benzene rings is 1. The van der Waals surface area contributed by atoms with E-state index in [4.69, 9.17) is 21.1 Å². The first kappa shape index (κ1) is 12.2. The van der Waals surface area contributed by atoms with Gasteiger partial charge in [0.15, 0.2) is 5.78 Å². The van der Waals surface area contributed by atoms with Crippen LogP contribution in [-0.4, -0.2) is 26.6 Å². The highest BCUT2D eigenvalue weighted by Crippen LogP contribution is 2.20. The second-order valence-corrected chi connectivity index (χ2v) is 3.50. The average molecular weight is 229 g/mol. The Hall–Kier alpha value is -0.900. The molecule has 0 aliphatic heterocycles. The second kappa shape index (κ2) is 5.85. The minimum absolute atomic E-state index is 0.0428. The number of rotatable bonds is 5. The maximum Gasteiger partial charge on any atom is 0.191 e. The van der Waals surface area contributed by atoms with E-state index in [9.17, 15) is 4.79 Å². The molecule has 0 aromatic heterocycles. The molecule has 1 rings (SSSR count). The van der Waals surface area contributed by atoms with Crippen molar-refractivity contribution in [3.8, 4) is 0 Å². The molecule has 0 radical (unpaired) electrons. The molecule has 0 saturated heterocycles. The van der Waals surface area contributed by atoms with Gasteiger partial charge in [-0.25, -0.2) is 0 Å². The lowest BCUT2D eigenvalue weighted by molar-refractivity contribution is -0.132. The van der Waals surface area contributed by atoms with Gasteiger partial charge in [0.05, 0.1) is 0 Å². The van der Waals surface area contributed by atoms with E-state index in [-0.39, 0.29) is 12.4 Å². The highest BCUT2D eigenvalue weighted by molar-refractivity contribution is 6.30. The quantitative estimate of drug-likeness (QED) is 0.776. The number of hydrogen-bond acceptors (Lipinski definition) is 3. The van der Waals surface area contributed by atoms with Gasteiger partial charge < -0.3 is 9.47 Å². The Bertz CT molecular complexity index is 321. The van der Waals surface area contributed by atoms with Crippen molar-refractivity contribution in [1.29, 1.82) is 0 Å². The Labute approximate surface area is 93.9 Å². The number of carbonyl (C=O) groups excluding carboxylic acids is 1. The average Bonchev–Trinajstić information content (AvgIpc) is 2.22. The molecule has 82 valence electrons. The van der Waals surface area contributed by atoms with E-state index in [1.807, 2.05) is 0 Å². The highest BCUT2D eigenvalue weighted by atomic mass is 35.5. The normalized spacial score (nSPS) is 12.5. The second-order valence-electron chi connectivity index (χ2n) is 3.07. The van der Waals surface area contributed by atoms with Crippen molar-refractivity contribution in [2.75, 3.05) is 20.8 Å². The molecular weight excluding hydrogens is 216 g/mol. The molecule has 0 saturated carbocycles. The minimum atomic E-state index is -0.581. The van der Waals surface area contributed by atoms with Gasteiger partial charge in [0.2, 0.25) is 0 Å². The van der Waals surface area contributed by atoms with Crippen molar-refractivity contribution in [2.45, 2.75) is 6.10 Å². The van der Waals surface area contributed by atoms with Crippen LogP contribution in [0.4, 0.5) is 0 Å². The third kappa shape index (κ3) is 3.30. The van der Waals surface area contributed by atoms with E-state index in [1.54, 1.807) is 24.3 Å². The molecule has 0 amide bonds. The van der Waals surface area contributed by atoms with Gasteiger partial charge in [0, 0.05) is 19.2 Å². The predicted molar refractivity (Wildman–Crippen MR) is 58.1 cm³/mol. The topological polar surface area (TPSA) is 35.5 Å². The summed E-state index contributed by atoms with van der Waals surface area (Å²) in [4.78, 5) is 11.6. The van der Waals surface area contributed by atoms with Crippen molar-refractivity contribution >= 4 is 17.4 Å². The van der Waals surface area contributed by atoms with Gasteiger partial charge in [-0.2, -0.15) is 0 Å². The van der Waals surface area contributed by atoms with E-state index in [1.165, 1.54) is 14.2 Å². The first-order chi connectivity index (χ1) is 7.19. The summed E-state index contributed by atoms with van der Waals surface area (Å²) in [5, 5.41) is 0.632. The van der Waals surface area contributed by atoms with Crippen LogP contribution in [0.5, 0.6) is 0 Å². The van der Waals surface area contributed by atoms with E-state index in [0.717, 1.165) is 5.56 Å². The first-order valence-electron chi connectivity index (χ1n) is 4.49. The zero-order chi connectivity index (χ0) is 11.3. The highest BCUT2D eigenvalue weighted by Gasteiger charge is 2.19. The smallest absolute Gasteiger partial charge is 0.191 e. The van der Waals surface area contributed by atoms with Crippen LogP contribution < -0.4 is 0 Å². The molecule has 3 nitrogen and oxygen atoms in total. The van der Waals surface area contributed by atoms with Crippen LogP contribution in [0.25, 0.3) is 0 Å². The van der Waals surface area contributed by atoms with Crippen LogP contribution in [0.15, 0.2) is 24.3 Å². The van der Waals surface area contributed by atoms with Gasteiger partial charge in [-0.15, -0.1) is 0 Å². The van der Waals surface area contributed by atoms with Crippen molar-refractivity contribution < 1.29 is 14.3 Å². The fourth-order valence-corrected chi connectivity index (χ4v) is 1.43. The van der Waals surface area contributed by atoms with E-state index < -0.39 is 6.10 Å². The van der Waals surface area contributed by atoms with Crippen LogP contribution >= 0.6 is 11.6 Å². The molecule has 0 heterocycles. The van der Waals surface area contributed by atoms with E-state index in [2.05, 4.69) is 0 Å². The predicted octanol–water partition coefficient (Wildman–Crippen LogP) is 2.24. The number of hydrogen-bond donors (Lipinski definition) is 0. The summed E-state index contributed by atoms with van der Waals surface area (Å²) >= 11 is 5.75. The Kier molecular flexibility index (Phi) is 4.75. The molecule has 0 N–H and O–H groups in total. The molecule has 0 aliphatic rings. The van der Waals surface area contributed by atoms with Gasteiger partial charge in [-0.05, 0) is 17.7 Å². The summed E-state index contributed by atoms with van der Waals surface area (Å²) in [5.41, 5.74) is 0.781. The number of Topliss-reactive ketones (excluding diaryl/α,β-unsaturated/α-hetero) is 1. The molecule has 0 bridgehead atoms. The fourth-order valence-electron chi connectivity index (χ4n) is 1.31. The molecule has 0 aliphatic carbocycles. The maximum atomic E-state index is 11.6. The largest absolute Gasteiger partial charge is 0.377 e. The fraction of sp³-hybridized carbons (Fsp3) is 0.364. The van der Waals surface area contributed by atoms with E-state index >= 15 is 0 Å². The molecule has 1 aromatic rings. The van der Waals surface area contributed by atoms with Crippen LogP contribution in [-0.2, 0) is 14.3 Å². The van der Waals surface area contributed by atoms with Crippen LogP contribution in [0.3, 0.4) is 0 Å². The summed E-state index contributed by atoms with van der Waals surface area (Å²) in [6.45, 7) is 0.0428. The lowest BCUT2D eigenvalue weighted by atomic mass is 10.1. The monoisotopic (exact) mass is 228 g/mol. The molecule has 4 heteroatoms. The van der Waals surface area contributed by atoms with Gasteiger partial charge in [-0.1, -0.05) is 23.7 Å². The van der Waals surface area contributed by atoms with E-state index in [0.29, 0.717) is 5.02 Å². The zero-order valence-corrected chi connectivity index (χ0v) is 9.45. The Morgan fingerprint density at radius 3 is 2.40 bits per heavy atom. The van der Waals surface area contributed by atoms with Crippen molar-refractivity contribution in [3.05, 3.63) is 34.9 Å². The summed E-state index contributed by atoms with van der Waals surface area (Å²) in [6.07, 6.45) is -0.581. The van der Waals surface area contributed by atoms with Crippen LogP contribution in [0, 0.1) is 0 Å². The number of carbonyl (C=O) groups is 1. The third-order valence-electron chi connectivity index (χ3n) is 1.99. The molecule has 15 heavy (non-hydrogen) atoms. The maximum absolute atomic E-state index is 11.6. The summed E-state index contributed by atoms with van der Waals surface area (Å²) < 4.78 is 9.89. The SMILES string of the molecule is COCC(=O)C(OC)c1ccc(Cl)cc1. The van der Waals surface area contributed by atoms with Gasteiger partial charge in [0.1, 0.15) is 12.7 Å². The lowest BCUT2D eigenvalue weighted by Gasteiger charge is -2.13. The summed E-state index contributed by atoms with van der Waals surface area (Å²) in [7, 11) is 2.97. The molecule has 1 unspecified atom stereocenters. The molecule has 0 fully saturated rings. The molecular formula is C11H13ClO3. The Morgan fingerprint density at radius 2 is 1.93 bits per heavy atom. The van der Waals surface area contributed by atoms with Gasteiger partial charge in [0.25, 0.3) is 0 Å². The third-order valence-corrected chi connectivity index (χ3v) is 2.24. The standard InChI is InChI=1S/C11H13ClO3/c1-14-7-10(13)11(15-2)8-3-5-9(12)6-4-8/h3-6,11H,7H2,1-2H3. The minimum Gasteiger partial charge on any atom is -0.377 e. The Morgan fingerprint density at radius 1 is 1.33 bits per heavy atom. The zero-order valence-electron chi connectivity index (χ0n) is 8.70.